The number of pyridine rings is 1. The lowest BCUT2D eigenvalue weighted by molar-refractivity contribution is 0.167. The number of thioether (sulfide) groups is 1. The highest BCUT2D eigenvalue weighted by molar-refractivity contribution is 7.99. The third-order valence-corrected chi connectivity index (χ3v) is 5.61. The minimum Gasteiger partial charge on any atom is -0.374 e. The molecule has 2 aromatic heterocycles. The van der Waals surface area contributed by atoms with Gasteiger partial charge in [-0.15, -0.1) is 17.7 Å². The van der Waals surface area contributed by atoms with Crippen LogP contribution in [0.3, 0.4) is 0 Å². The summed E-state index contributed by atoms with van der Waals surface area (Å²) in [5, 5.41) is 12.5. The van der Waals surface area contributed by atoms with Crippen molar-refractivity contribution >= 4 is 28.1 Å². The summed E-state index contributed by atoms with van der Waals surface area (Å²) in [4.78, 5) is 10.8. The lowest BCUT2D eigenvalue weighted by atomic mass is 10.3. The molecule has 136 valence electrons. The van der Waals surface area contributed by atoms with E-state index < -0.39 is 6.23 Å². The highest BCUT2D eigenvalue weighted by atomic mass is 32.2. The van der Waals surface area contributed by atoms with E-state index in [1.807, 2.05) is 30.9 Å². The first kappa shape index (κ1) is 20.3. The maximum absolute atomic E-state index is 10.7. The quantitative estimate of drug-likeness (QED) is 0.425. The second-order valence-corrected chi connectivity index (χ2v) is 7.41. The number of anilines is 1. The smallest absolute Gasteiger partial charge is 0.148 e. The topological polar surface area (TPSA) is 49.2 Å². The molecule has 0 spiro atoms. The van der Waals surface area contributed by atoms with Crippen molar-refractivity contribution in [2.45, 2.75) is 33.4 Å². The van der Waals surface area contributed by atoms with Crippen LogP contribution in [0, 0.1) is 23.7 Å². The zero-order valence-corrected chi connectivity index (χ0v) is 17.0. The van der Waals surface area contributed by atoms with E-state index in [0.29, 0.717) is 18.7 Å². The molecule has 1 atom stereocenters. The molecule has 0 aromatic carbocycles. The Labute approximate surface area is 164 Å². The van der Waals surface area contributed by atoms with Crippen LogP contribution in [0.2, 0.25) is 0 Å². The van der Waals surface area contributed by atoms with E-state index in [9.17, 15) is 5.11 Å². The summed E-state index contributed by atoms with van der Waals surface area (Å²) >= 11 is 3.28. The molecule has 2 rings (SSSR count). The van der Waals surface area contributed by atoms with Gasteiger partial charge < -0.3 is 10.0 Å². The maximum atomic E-state index is 10.7. The minimum absolute atomic E-state index is 0.568. The number of hydrogen-bond acceptors (Lipinski definition) is 6. The van der Waals surface area contributed by atoms with Gasteiger partial charge in [-0.2, -0.15) is 0 Å². The van der Waals surface area contributed by atoms with Gasteiger partial charge in [0.1, 0.15) is 21.9 Å². The van der Waals surface area contributed by atoms with Crippen LogP contribution >= 0.6 is 23.1 Å². The summed E-state index contributed by atoms with van der Waals surface area (Å²) < 4.78 is 0. The molecule has 2 heterocycles. The van der Waals surface area contributed by atoms with Gasteiger partial charge in [-0.1, -0.05) is 23.2 Å². The molecule has 4 nitrogen and oxygen atoms in total. The van der Waals surface area contributed by atoms with E-state index in [2.05, 4.69) is 33.6 Å². The molecule has 2 aromatic rings. The Morgan fingerprint density at radius 3 is 2.85 bits per heavy atom. The Hall–Kier alpha value is -1.99. The van der Waals surface area contributed by atoms with Crippen molar-refractivity contribution < 1.29 is 5.11 Å². The van der Waals surface area contributed by atoms with Gasteiger partial charge in [-0.3, -0.25) is 4.98 Å². The van der Waals surface area contributed by atoms with Crippen LogP contribution < -0.4 is 4.90 Å². The zero-order valence-electron chi connectivity index (χ0n) is 15.3. The van der Waals surface area contributed by atoms with Gasteiger partial charge in [0.2, 0.25) is 0 Å². The molecule has 1 unspecified atom stereocenters. The van der Waals surface area contributed by atoms with Gasteiger partial charge in [-0.05, 0) is 44.6 Å². The molecule has 0 fully saturated rings. The predicted molar refractivity (Wildman–Crippen MR) is 112 cm³/mol. The monoisotopic (exact) mass is 385 g/mol. The van der Waals surface area contributed by atoms with E-state index in [1.165, 1.54) is 0 Å². The van der Waals surface area contributed by atoms with Crippen molar-refractivity contribution in [2.75, 3.05) is 23.0 Å². The summed E-state index contributed by atoms with van der Waals surface area (Å²) in [6, 6.07) is 3.88. The van der Waals surface area contributed by atoms with Crippen LogP contribution in [0.1, 0.15) is 32.9 Å². The van der Waals surface area contributed by atoms with Crippen LogP contribution in [-0.2, 0) is 0 Å². The number of nitrogens with zero attached hydrogens (tertiary/aromatic N) is 3. The molecule has 0 bridgehead atoms. The fourth-order valence-electron chi connectivity index (χ4n) is 2.35. The molecule has 0 saturated carbocycles. The van der Waals surface area contributed by atoms with Crippen LogP contribution in [0.15, 0.2) is 24.5 Å². The van der Waals surface area contributed by atoms with E-state index in [4.69, 9.17) is 0 Å². The molecular weight excluding hydrogens is 362 g/mol. The summed E-state index contributed by atoms with van der Waals surface area (Å²) in [7, 11) is 0. The molecule has 0 saturated heterocycles. The Balaban J connectivity index is 2.20. The van der Waals surface area contributed by atoms with Gasteiger partial charge in [0.15, 0.2) is 0 Å². The number of hydrogen-bond donors (Lipinski definition) is 1. The lowest BCUT2D eigenvalue weighted by Gasteiger charge is -2.27. The number of aliphatic hydroxyl groups is 1. The van der Waals surface area contributed by atoms with Crippen LogP contribution in [-0.4, -0.2) is 39.4 Å². The molecular formula is C20H23N3OS2. The summed E-state index contributed by atoms with van der Waals surface area (Å²) in [5.41, 5.74) is 1.67. The largest absolute Gasteiger partial charge is 0.374 e. The third kappa shape index (κ3) is 5.51. The van der Waals surface area contributed by atoms with Crippen molar-refractivity contribution in [2.24, 2.45) is 0 Å². The number of rotatable bonds is 8. The number of aromatic nitrogens is 2. The predicted octanol–water partition coefficient (Wildman–Crippen LogP) is 3.87. The van der Waals surface area contributed by atoms with Gasteiger partial charge in [0.05, 0.1) is 5.75 Å². The Morgan fingerprint density at radius 2 is 2.19 bits per heavy atom. The maximum Gasteiger partial charge on any atom is 0.148 e. The SMILES string of the molecule is CC#CCSCCC(O)N(CC)c1sc(-c2cccnc2)nc1C#CC. The fraction of sp³-hybridized carbons (Fsp3) is 0.400. The zero-order chi connectivity index (χ0) is 18.8. The Morgan fingerprint density at radius 1 is 1.35 bits per heavy atom. The highest BCUT2D eigenvalue weighted by Gasteiger charge is 2.21. The molecule has 6 heteroatoms. The third-order valence-electron chi connectivity index (χ3n) is 3.59. The Kier molecular flexibility index (Phi) is 8.50. The van der Waals surface area contributed by atoms with Crippen molar-refractivity contribution in [3.8, 4) is 34.3 Å². The number of aliphatic hydroxyl groups excluding tert-OH is 1. The summed E-state index contributed by atoms with van der Waals surface area (Å²) in [6.07, 6.45) is 3.64. The van der Waals surface area contributed by atoms with E-state index >= 15 is 0 Å². The number of thiazole rings is 1. The summed E-state index contributed by atoms with van der Waals surface area (Å²) in [5.74, 6) is 13.6. The first-order chi connectivity index (χ1) is 12.7. The van der Waals surface area contributed by atoms with Gasteiger partial charge in [-0.25, -0.2) is 4.98 Å². The van der Waals surface area contributed by atoms with E-state index in [-0.39, 0.29) is 0 Å². The van der Waals surface area contributed by atoms with Crippen LogP contribution in [0.25, 0.3) is 10.6 Å². The first-order valence-electron chi connectivity index (χ1n) is 8.47. The van der Waals surface area contributed by atoms with Gasteiger partial charge in [0.25, 0.3) is 0 Å². The molecule has 0 aliphatic heterocycles. The molecule has 1 N–H and O–H groups in total. The van der Waals surface area contributed by atoms with Gasteiger partial charge in [0, 0.05) is 30.9 Å². The second kappa shape index (κ2) is 10.9. The second-order valence-electron chi connectivity index (χ2n) is 5.32. The van der Waals surface area contributed by atoms with Crippen molar-refractivity contribution in [1.82, 2.24) is 9.97 Å². The normalized spacial score (nSPS) is 11.1. The van der Waals surface area contributed by atoms with Crippen molar-refractivity contribution in [3.63, 3.8) is 0 Å². The summed E-state index contributed by atoms with van der Waals surface area (Å²) in [6.45, 7) is 6.36. The average Bonchev–Trinajstić information content (AvgIpc) is 3.07. The van der Waals surface area contributed by atoms with Crippen LogP contribution in [0.4, 0.5) is 5.00 Å². The average molecular weight is 386 g/mol. The molecule has 0 aliphatic carbocycles. The molecule has 0 amide bonds. The van der Waals surface area contributed by atoms with Crippen molar-refractivity contribution in [1.29, 1.82) is 0 Å². The highest BCUT2D eigenvalue weighted by Crippen LogP contribution is 2.35. The Bertz CT molecular complexity index is 812. The van der Waals surface area contributed by atoms with Crippen molar-refractivity contribution in [3.05, 3.63) is 30.2 Å². The molecule has 0 radical (unpaired) electrons. The molecule has 26 heavy (non-hydrogen) atoms. The minimum atomic E-state index is -0.568. The fourth-order valence-corrected chi connectivity index (χ4v) is 4.24. The van der Waals surface area contributed by atoms with E-state index in [0.717, 1.165) is 27.1 Å². The lowest BCUT2D eigenvalue weighted by Crippen LogP contribution is -2.35. The van der Waals surface area contributed by atoms with Crippen LogP contribution in [0.5, 0.6) is 0 Å². The first-order valence-corrected chi connectivity index (χ1v) is 10.4. The van der Waals surface area contributed by atoms with E-state index in [1.54, 1.807) is 42.4 Å². The van der Waals surface area contributed by atoms with Gasteiger partial charge >= 0.3 is 0 Å². The standard InChI is InChI=1S/C20H23N3OS2/c1-4-7-13-25-14-11-18(24)23(6-3)20-17(9-5-2)22-19(26-20)16-10-8-12-21-15-16/h8,10,12,15,18,24H,6,11,13-14H2,1-3H3. The molecule has 0 aliphatic rings.